The fraction of sp³-hybridized carbons (Fsp3) is 0.576. The van der Waals surface area contributed by atoms with Crippen LogP contribution in [0.25, 0.3) is 0 Å². The molecule has 0 bridgehead atoms. The highest BCUT2D eigenvalue weighted by molar-refractivity contribution is 5.96. The van der Waals surface area contributed by atoms with Crippen LogP contribution in [0.15, 0.2) is 24.3 Å². The molecule has 266 valence electrons. The molecule has 0 heterocycles. The largest absolute Gasteiger partial charge is 0.461 e. The highest BCUT2D eigenvalue weighted by Crippen LogP contribution is 2.11. The number of benzene rings is 1. The van der Waals surface area contributed by atoms with E-state index in [0.717, 1.165) is 5.56 Å². The fourth-order valence-corrected chi connectivity index (χ4v) is 4.05. The van der Waals surface area contributed by atoms with E-state index in [9.17, 15) is 38.4 Å². The van der Waals surface area contributed by atoms with Gasteiger partial charge in [0.25, 0.3) is 0 Å². The number of carbonyl (C=O) groups is 8. The number of ether oxygens (including phenoxy) is 1. The zero-order valence-corrected chi connectivity index (χ0v) is 29.2. The SMILES string of the molecule is CC(=O)OCc1ccc(NC(=O)CNC(=O)C(NC(=O)CCCC(=O)N(C)CC(=O)N(C)CC(=O)N(C)CC(=O)C(C)C)C(C)C)cc1. The molecule has 0 fully saturated rings. The van der Waals surface area contributed by atoms with Gasteiger partial charge in [0.2, 0.25) is 35.4 Å². The second kappa shape index (κ2) is 20.4. The molecule has 0 aliphatic rings. The smallest absolute Gasteiger partial charge is 0.302 e. The Morgan fingerprint density at radius 3 is 1.79 bits per heavy atom. The van der Waals surface area contributed by atoms with Crippen LogP contribution in [0.5, 0.6) is 0 Å². The van der Waals surface area contributed by atoms with Crippen molar-refractivity contribution in [2.75, 3.05) is 52.6 Å². The molecule has 1 atom stereocenters. The molecular weight excluding hydrogens is 624 g/mol. The summed E-state index contributed by atoms with van der Waals surface area (Å²) >= 11 is 0. The van der Waals surface area contributed by atoms with Crippen LogP contribution in [0.1, 0.15) is 59.4 Å². The monoisotopic (exact) mass is 674 g/mol. The number of hydrogen-bond donors (Lipinski definition) is 3. The maximum Gasteiger partial charge on any atom is 0.302 e. The first-order chi connectivity index (χ1) is 22.4. The Morgan fingerprint density at radius 1 is 0.729 bits per heavy atom. The van der Waals surface area contributed by atoms with E-state index in [1.54, 1.807) is 52.0 Å². The number of carbonyl (C=O) groups excluding carboxylic acids is 8. The van der Waals surface area contributed by atoms with E-state index in [2.05, 4.69) is 16.0 Å². The minimum Gasteiger partial charge on any atom is -0.461 e. The predicted molar refractivity (Wildman–Crippen MR) is 177 cm³/mol. The zero-order chi connectivity index (χ0) is 36.6. The fourth-order valence-electron chi connectivity index (χ4n) is 4.05. The number of ketones is 1. The summed E-state index contributed by atoms with van der Waals surface area (Å²) in [4.78, 5) is 102. The zero-order valence-electron chi connectivity index (χ0n) is 29.2. The van der Waals surface area contributed by atoms with Crippen LogP contribution in [0.4, 0.5) is 5.69 Å². The first-order valence-electron chi connectivity index (χ1n) is 15.7. The molecule has 3 N–H and O–H groups in total. The van der Waals surface area contributed by atoms with Gasteiger partial charge in [-0.2, -0.15) is 0 Å². The van der Waals surface area contributed by atoms with E-state index in [0.29, 0.717) is 5.69 Å². The number of esters is 1. The summed E-state index contributed by atoms with van der Waals surface area (Å²) < 4.78 is 4.92. The Hall–Kier alpha value is -4.82. The number of hydrogen-bond acceptors (Lipinski definition) is 9. The van der Waals surface area contributed by atoms with E-state index >= 15 is 0 Å². The molecule has 1 aromatic carbocycles. The Balaban J connectivity index is 2.47. The van der Waals surface area contributed by atoms with Gasteiger partial charge in [0.1, 0.15) is 12.6 Å². The molecule has 1 unspecified atom stereocenters. The highest BCUT2D eigenvalue weighted by atomic mass is 16.5. The Morgan fingerprint density at radius 2 is 1.27 bits per heavy atom. The van der Waals surface area contributed by atoms with Crippen molar-refractivity contribution in [3.05, 3.63) is 29.8 Å². The van der Waals surface area contributed by atoms with Gasteiger partial charge in [-0.25, -0.2) is 0 Å². The molecule has 0 spiro atoms. The number of amides is 6. The number of Topliss-reactive ketones (excluding diaryl/α,β-unsaturated/α-hetero) is 1. The second-order valence-electron chi connectivity index (χ2n) is 12.3. The van der Waals surface area contributed by atoms with Crippen LogP contribution in [0, 0.1) is 11.8 Å². The first kappa shape index (κ1) is 41.2. The quantitative estimate of drug-likeness (QED) is 0.177. The minimum absolute atomic E-state index is 0.0245. The van der Waals surface area contributed by atoms with Crippen LogP contribution >= 0.6 is 0 Å². The number of nitrogens with zero attached hydrogens (tertiary/aromatic N) is 3. The van der Waals surface area contributed by atoms with Gasteiger partial charge < -0.3 is 35.4 Å². The Labute approximate surface area is 282 Å². The third kappa shape index (κ3) is 15.6. The van der Waals surface area contributed by atoms with Gasteiger partial charge in [-0.05, 0) is 30.0 Å². The van der Waals surface area contributed by atoms with Gasteiger partial charge in [0, 0.05) is 52.5 Å². The van der Waals surface area contributed by atoms with Gasteiger partial charge in [0.05, 0.1) is 26.2 Å². The summed E-state index contributed by atoms with van der Waals surface area (Å²) in [5, 5.41) is 7.82. The normalized spacial score (nSPS) is 11.3. The summed E-state index contributed by atoms with van der Waals surface area (Å²) in [7, 11) is 4.37. The molecule has 6 amide bonds. The summed E-state index contributed by atoms with van der Waals surface area (Å²) in [6, 6.07) is 5.74. The van der Waals surface area contributed by atoms with Crippen LogP contribution < -0.4 is 16.0 Å². The third-order valence-corrected chi connectivity index (χ3v) is 7.22. The van der Waals surface area contributed by atoms with Crippen LogP contribution in [-0.4, -0.2) is 115 Å². The number of rotatable bonds is 19. The standard InChI is InChI=1S/C33H50N6O9/c1-21(2)26(41)17-37(6)30(45)19-39(8)31(46)18-38(7)29(44)11-9-10-27(42)36-32(22(3)4)33(47)34-16-28(43)35-25-14-12-24(13-15-25)20-48-23(5)40/h12-15,21-22,32H,9-11,16-20H2,1-8H3,(H,34,47)(H,35,43)(H,36,42). The molecule has 1 aromatic rings. The topological polar surface area (TPSA) is 192 Å². The van der Waals surface area contributed by atoms with E-state index in [1.165, 1.54) is 42.8 Å². The third-order valence-electron chi connectivity index (χ3n) is 7.22. The second-order valence-corrected chi connectivity index (χ2v) is 12.3. The van der Waals surface area contributed by atoms with Crippen LogP contribution in [-0.2, 0) is 49.7 Å². The van der Waals surface area contributed by atoms with Crippen molar-refractivity contribution in [3.8, 4) is 0 Å². The van der Waals surface area contributed by atoms with Crippen molar-refractivity contribution in [2.24, 2.45) is 11.8 Å². The van der Waals surface area contributed by atoms with Crippen molar-refractivity contribution in [3.63, 3.8) is 0 Å². The lowest BCUT2D eigenvalue weighted by Gasteiger charge is -2.24. The molecule has 0 saturated heterocycles. The molecule has 0 aromatic heterocycles. The maximum absolute atomic E-state index is 12.8. The van der Waals surface area contributed by atoms with Gasteiger partial charge in [-0.1, -0.05) is 39.8 Å². The Bertz CT molecular complexity index is 1310. The molecule has 1 rings (SSSR count). The van der Waals surface area contributed by atoms with Crippen molar-refractivity contribution >= 4 is 52.9 Å². The average molecular weight is 675 g/mol. The summed E-state index contributed by atoms with van der Waals surface area (Å²) in [5.74, 6) is -3.72. The minimum atomic E-state index is -0.914. The molecule has 0 aliphatic carbocycles. The molecule has 48 heavy (non-hydrogen) atoms. The molecule has 15 heteroatoms. The number of anilines is 1. The number of likely N-dealkylation sites (N-methyl/N-ethyl adjacent to an activating group) is 3. The summed E-state index contributed by atoms with van der Waals surface area (Å²) in [6.07, 6.45) is 0.0951. The van der Waals surface area contributed by atoms with E-state index in [-0.39, 0.29) is 75.6 Å². The lowest BCUT2D eigenvalue weighted by Crippen LogP contribution is -2.51. The van der Waals surface area contributed by atoms with Gasteiger partial charge >= 0.3 is 5.97 Å². The van der Waals surface area contributed by atoms with Crippen molar-refractivity contribution in [1.82, 2.24) is 25.3 Å². The maximum atomic E-state index is 12.8. The van der Waals surface area contributed by atoms with Gasteiger partial charge in [-0.3, -0.25) is 38.4 Å². The van der Waals surface area contributed by atoms with Crippen molar-refractivity contribution < 1.29 is 43.1 Å². The van der Waals surface area contributed by atoms with Crippen molar-refractivity contribution in [2.45, 2.75) is 66.5 Å². The predicted octanol–water partition coefficient (Wildman–Crippen LogP) is 0.716. The molecule has 0 radical (unpaired) electrons. The first-order valence-corrected chi connectivity index (χ1v) is 15.7. The lowest BCUT2D eigenvalue weighted by atomic mass is 10.0. The van der Waals surface area contributed by atoms with E-state index in [4.69, 9.17) is 4.74 Å². The molecule has 0 saturated carbocycles. The van der Waals surface area contributed by atoms with Crippen molar-refractivity contribution in [1.29, 1.82) is 0 Å². The van der Waals surface area contributed by atoms with Crippen LogP contribution in [0.2, 0.25) is 0 Å². The summed E-state index contributed by atoms with van der Waals surface area (Å²) in [5.41, 5.74) is 1.23. The van der Waals surface area contributed by atoms with Gasteiger partial charge in [0.15, 0.2) is 5.78 Å². The van der Waals surface area contributed by atoms with E-state index in [1.807, 2.05) is 0 Å². The molecule has 0 aliphatic heterocycles. The van der Waals surface area contributed by atoms with E-state index < -0.39 is 41.5 Å². The lowest BCUT2D eigenvalue weighted by molar-refractivity contribution is -0.143. The highest BCUT2D eigenvalue weighted by Gasteiger charge is 2.25. The van der Waals surface area contributed by atoms with Crippen LogP contribution in [0.3, 0.4) is 0 Å². The van der Waals surface area contributed by atoms with Gasteiger partial charge in [-0.15, -0.1) is 0 Å². The molecular formula is C33H50N6O9. The Kier molecular flexibility index (Phi) is 17.5. The average Bonchev–Trinajstić information content (AvgIpc) is 3.01. The summed E-state index contributed by atoms with van der Waals surface area (Å²) in [6.45, 7) is 7.49. The number of nitrogens with one attached hydrogen (secondary N) is 3. The molecule has 15 nitrogen and oxygen atoms in total.